The lowest BCUT2D eigenvalue weighted by Gasteiger charge is -2.13. The Morgan fingerprint density at radius 1 is 1.17 bits per heavy atom. The Bertz CT molecular complexity index is 680. The number of aryl methyl sites for hydroxylation is 2. The fourth-order valence-corrected chi connectivity index (χ4v) is 3.34. The number of benzene rings is 1. The molecule has 122 valence electrons. The maximum Gasteiger partial charge on any atom is 0.220 e. The zero-order chi connectivity index (χ0) is 16.8. The lowest BCUT2D eigenvalue weighted by Crippen LogP contribution is -2.32. The van der Waals surface area contributed by atoms with E-state index in [4.69, 9.17) is 5.73 Å². The number of hydrogen-bond donors (Lipinski definition) is 2. The van der Waals surface area contributed by atoms with Crippen molar-refractivity contribution in [1.82, 2.24) is 5.32 Å². The van der Waals surface area contributed by atoms with Crippen molar-refractivity contribution in [2.75, 3.05) is 6.54 Å². The average molecular weight is 330 g/mol. The van der Waals surface area contributed by atoms with Crippen LogP contribution in [-0.2, 0) is 4.79 Å². The van der Waals surface area contributed by atoms with Crippen molar-refractivity contribution in [2.45, 2.75) is 32.7 Å². The van der Waals surface area contributed by atoms with Crippen LogP contribution in [0.5, 0.6) is 0 Å². The summed E-state index contributed by atoms with van der Waals surface area (Å²) in [5.41, 5.74) is 7.75. The minimum Gasteiger partial charge on any atom is -0.354 e. The maximum atomic E-state index is 12.1. The van der Waals surface area contributed by atoms with Crippen LogP contribution in [-0.4, -0.2) is 18.2 Å². The van der Waals surface area contributed by atoms with E-state index in [9.17, 15) is 9.59 Å². The first-order valence-corrected chi connectivity index (χ1v) is 8.46. The number of thiophene rings is 1. The Morgan fingerprint density at radius 2 is 1.87 bits per heavy atom. The summed E-state index contributed by atoms with van der Waals surface area (Å²) in [5, 5.41) is 2.79. The number of nitrogens with two attached hydrogens (primary N) is 1. The van der Waals surface area contributed by atoms with Gasteiger partial charge in [0.05, 0.1) is 0 Å². The third-order valence-corrected chi connectivity index (χ3v) is 4.63. The van der Waals surface area contributed by atoms with Crippen molar-refractivity contribution in [3.05, 3.63) is 57.3 Å². The van der Waals surface area contributed by atoms with E-state index in [2.05, 4.69) is 5.32 Å². The van der Waals surface area contributed by atoms with Gasteiger partial charge in [0, 0.05) is 40.7 Å². The number of nitrogens with one attached hydrogen (secondary N) is 1. The molecule has 1 atom stereocenters. The average Bonchev–Trinajstić information content (AvgIpc) is 2.89. The standard InChI is InChI=1S/C18H22N2O2S/c1-12-10-15(13(2)23-12)17(21)8-9-18(22)20-11-16(19)14-6-4-3-5-7-14/h3-7,10,16H,8-9,11,19H2,1-2H3,(H,20,22). The Kier molecular flexibility index (Phi) is 6.07. The van der Waals surface area contributed by atoms with Crippen molar-refractivity contribution in [1.29, 1.82) is 0 Å². The molecule has 0 radical (unpaired) electrons. The molecule has 5 heteroatoms. The minimum absolute atomic E-state index is 0.0226. The lowest BCUT2D eigenvalue weighted by atomic mass is 10.1. The van der Waals surface area contributed by atoms with Crippen molar-refractivity contribution < 1.29 is 9.59 Å². The molecule has 1 amide bonds. The second-order valence-electron chi connectivity index (χ2n) is 5.57. The predicted octanol–water partition coefficient (Wildman–Crippen LogP) is 3.14. The molecule has 0 aliphatic heterocycles. The number of carbonyl (C=O) groups excluding carboxylic acids is 2. The monoisotopic (exact) mass is 330 g/mol. The molecule has 3 N–H and O–H groups in total. The van der Waals surface area contributed by atoms with E-state index in [1.54, 1.807) is 11.3 Å². The van der Waals surface area contributed by atoms with Crippen LogP contribution in [0.3, 0.4) is 0 Å². The van der Waals surface area contributed by atoms with Crippen LogP contribution in [0.4, 0.5) is 0 Å². The normalized spacial score (nSPS) is 12.0. The third-order valence-electron chi connectivity index (χ3n) is 3.67. The molecule has 1 aromatic carbocycles. The van der Waals surface area contributed by atoms with Gasteiger partial charge in [-0.3, -0.25) is 9.59 Å². The largest absolute Gasteiger partial charge is 0.354 e. The van der Waals surface area contributed by atoms with Crippen LogP contribution in [0.15, 0.2) is 36.4 Å². The highest BCUT2D eigenvalue weighted by Gasteiger charge is 2.14. The summed E-state index contributed by atoms with van der Waals surface area (Å²) in [6.07, 6.45) is 0.415. The molecule has 0 aliphatic rings. The van der Waals surface area contributed by atoms with Crippen molar-refractivity contribution in [2.24, 2.45) is 5.73 Å². The molecule has 4 nitrogen and oxygen atoms in total. The van der Waals surface area contributed by atoms with Crippen LogP contribution in [0.1, 0.15) is 44.6 Å². The summed E-state index contributed by atoms with van der Waals surface area (Å²) in [4.78, 5) is 26.2. The fraction of sp³-hybridized carbons (Fsp3) is 0.333. The van der Waals surface area contributed by atoms with E-state index < -0.39 is 0 Å². The number of carbonyl (C=O) groups is 2. The number of rotatable bonds is 7. The van der Waals surface area contributed by atoms with Gasteiger partial charge in [0.1, 0.15) is 0 Å². The smallest absolute Gasteiger partial charge is 0.220 e. The first-order valence-electron chi connectivity index (χ1n) is 7.65. The highest BCUT2D eigenvalue weighted by molar-refractivity contribution is 7.12. The van der Waals surface area contributed by atoms with E-state index in [1.807, 2.05) is 50.2 Å². The Morgan fingerprint density at radius 3 is 2.48 bits per heavy atom. The second-order valence-corrected chi connectivity index (χ2v) is 7.03. The first kappa shape index (κ1) is 17.4. The summed E-state index contributed by atoms with van der Waals surface area (Å²) < 4.78 is 0. The summed E-state index contributed by atoms with van der Waals surface area (Å²) in [6, 6.07) is 11.3. The van der Waals surface area contributed by atoms with Gasteiger partial charge < -0.3 is 11.1 Å². The fourth-order valence-electron chi connectivity index (χ4n) is 2.40. The molecule has 0 spiro atoms. The van der Waals surface area contributed by atoms with Crippen molar-refractivity contribution in [3.63, 3.8) is 0 Å². The van der Waals surface area contributed by atoms with E-state index in [0.29, 0.717) is 6.54 Å². The lowest BCUT2D eigenvalue weighted by molar-refractivity contribution is -0.121. The van der Waals surface area contributed by atoms with Gasteiger partial charge in [0.2, 0.25) is 5.91 Å². The van der Waals surface area contributed by atoms with Gasteiger partial charge in [-0.1, -0.05) is 30.3 Å². The molecule has 1 unspecified atom stereocenters. The summed E-state index contributed by atoms with van der Waals surface area (Å²) in [6.45, 7) is 4.28. The Labute approximate surface area is 140 Å². The quantitative estimate of drug-likeness (QED) is 0.766. The van der Waals surface area contributed by atoms with Gasteiger partial charge in [-0.2, -0.15) is 0 Å². The molecule has 1 heterocycles. The molecule has 0 fully saturated rings. The molecule has 23 heavy (non-hydrogen) atoms. The summed E-state index contributed by atoms with van der Waals surface area (Å²) in [7, 11) is 0. The Hall–Kier alpha value is -1.98. The molecule has 2 rings (SSSR count). The zero-order valence-corrected chi connectivity index (χ0v) is 14.3. The SMILES string of the molecule is Cc1cc(C(=O)CCC(=O)NCC(N)c2ccccc2)c(C)s1. The highest BCUT2D eigenvalue weighted by Crippen LogP contribution is 2.22. The predicted molar refractivity (Wildman–Crippen MR) is 93.7 cm³/mol. The molecule has 2 aromatic rings. The first-order chi connectivity index (χ1) is 11.0. The highest BCUT2D eigenvalue weighted by atomic mass is 32.1. The van der Waals surface area contributed by atoms with Crippen LogP contribution < -0.4 is 11.1 Å². The summed E-state index contributed by atoms with van der Waals surface area (Å²) >= 11 is 1.61. The zero-order valence-electron chi connectivity index (χ0n) is 13.5. The number of hydrogen-bond acceptors (Lipinski definition) is 4. The third kappa shape index (κ3) is 5.01. The van der Waals surface area contributed by atoms with E-state index in [0.717, 1.165) is 20.9 Å². The second kappa shape index (κ2) is 8.04. The van der Waals surface area contributed by atoms with Gasteiger partial charge in [-0.05, 0) is 25.5 Å². The van der Waals surface area contributed by atoms with Gasteiger partial charge >= 0.3 is 0 Å². The van der Waals surface area contributed by atoms with E-state index in [-0.39, 0.29) is 30.6 Å². The minimum atomic E-state index is -0.238. The van der Waals surface area contributed by atoms with E-state index >= 15 is 0 Å². The van der Waals surface area contributed by atoms with Gasteiger partial charge in [0.15, 0.2) is 5.78 Å². The molecular formula is C18H22N2O2S. The number of amides is 1. The van der Waals surface area contributed by atoms with Crippen LogP contribution in [0.25, 0.3) is 0 Å². The molecular weight excluding hydrogens is 308 g/mol. The molecule has 0 saturated carbocycles. The maximum absolute atomic E-state index is 12.1. The van der Waals surface area contributed by atoms with Gasteiger partial charge in [-0.25, -0.2) is 0 Å². The number of ketones is 1. The van der Waals surface area contributed by atoms with Crippen LogP contribution in [0.2, 0.25) is 0 Å². The van der Waals surface area contributed by atoms with Gasteiger partial charge in [-0.15, -0.1) is 11.3 Å². The van der Waals surface area contributed by atoms with Gasteiger partial charge in [0.25, 0.3) is 0 Å². The van der Waals surface area contributed by atoms with Crippen LogP contribution >= 0.6 is 11.3 Å². The number of Topliss-reactive ketones (excluding diaryl/α,β-unsaturated/α-hetero) is 1. The van der Waals surface area contributed by atoms with Crippen LogP contribution in [0, 0.1) is 13.8 Å². The molecule has 0 aliphatic carbocycles. The summed E-state index contributed by atoms with van der Waals surface area (Å²) in [5.74, 6) is -0.122. The molecule has 0 saturated heterocycles. The Balaban J connectivity index is 1.77. The van der Waals surface area contributed by atoms with Crippen molar-refractivity contribution in [3.8, 4) is 0 Å². The molecule has 1 aromatic heterocycles. The topological polar surface area (TPSA) is 72.2 Å². The van der Waals surface area contributed by atoms with E-state index in [1.165, 1.54) is 0 Å². The van der Waals surface area contributed by atoms with Crippen molar-refractivity contribution >= 4 is 23.0 Å². The molecule has 0 bridgehead atoms.